The number of fused-ring (bicyclic) bond motifs is 1. The summed E-state index contributed by atoms with van der Waals surface area (Å²) in [5.74, 6) is 0.668. The van der Waals surface area contributed by atoms with Crippen molar-refractivity contribution in [1.29, 1.82) is 0 Å². The number of pyridine rings is 1. The Morgan fingerprint density at radius 1 is 1.21 bits per heavy atom. The van der Waals surface area contributed by atoms with Crippen LogP contribution in [0.3, 0.4) is 0 Å². The van der Waals surface area contributed by atoms with Crippen LogP contribution in [0.2, 0.25) is 0 Å². The van der Waals surface area contributed by atoms with Crippen molar-refractivity contribution in [1.82, 2.24) is 19.7 Å². The number of esters is 1. The fraction of sp³-hybridized carbons (Fsp3) is 0.261. The highest BCUT2D eigenvalue weighted by Gasteiger charge is 2.17. The number of primary amides is 1. The lowest BCUT2D eigenvalue weighted by Gasteiger charge is -2.12. The van der Waals surface area contributed by atoms with E-state index in [-0.39, 0.29) is 18.8 Å². The van der Waals surface area contributed by atoms with E-state index in [0.29, 0.717) is 22.8 Å². The highest BCUT2D eigenvalue weighted by Crippen LogP contribution is 2.31. The monoisotopic (exact) mass is 481 g/mol. The molecule has 34 heavy (non-hydrogen) atoms. The molecular formula is C23H23N5O5S. The van der Waals surface area contributed by atoms with Crippen LogP contribution in [-0.4, -0.2) is 49.9 Å². The molecule has 0 saturated heterocycles. The standard InChI is InChI=1S/C23H23N5O5S/c1-13-3-4-15(22-27-26-14(2)28(22)5-6-29)7-19(13)32-10-16-12-34-21-17(16)8-25-9-18(21)23(31)33-11-20(24)30/h3-4,7-9,12,29H,5-6,10-11H2,1-2H3,(H2,24,30). The number of hydrogen-bond donors (Lipinski definition) is 2. The minimum atomic E-state index is -0.726. The van der Waals surface area contributed by atoms with Crippen LogP contribution in [-0.2, 0) is 22.7 Å². The number of rotatable bonds is 9. The Hall–Kier alpha value is -3.83. The number of ether oxygens (including phenoxy) is 2. The van der Waals surface area contributed by atoms with Gasteiger partial charge < -0.3 is 24.9 Å². The number of aromatic nitrogens is 4. The number of amides is 1. The molecule has 0 radical (unpaired) electrons. The molecule has 0 aliphatic carbocycles. The van der Waals surface area contributed by atoms with Crippen molar-refractivity contribution >= 4 is 33.3 Å². The first-order chi connectivity index (χ1) is 16.4. The Morgan fingerprint density at radius 3 is 2.79 bits per heavy atom. The lowest BCUT2D eigenvalue weighted by molar-refractivity contribution is -0.121. The molecular weight excluding hydrogens is 458 g/mol. The number of nitrogens with two attached hydrogens (primary N) is 1. The van der Waals surface area contributed by atoms with Gasteiger partial charge in [0, 0.05) is 35.5 Å². The summed E-state index contributed by atoms with van der Waals surface area (Å²) >= 11 is 1.37. The molecule has 0 fully saturated rings. The molecule has 1 amide bonds. The first kappa shape index (κ1) is 23.3. The Bertz CT molecular complexity index is 1360. The maximum atomic E-state index is 12.3. The van der Waals surface area contributed by atoms with E-state index in [1.54, 1.807) is 6.20 Å². The van der Waals surface area contributed by atoms with Gasteiger partial charge >= 0.3 is 5.97 Å². The van der Waals surface area contributed by atoms with Gasteiger partial charge in [0.25, 0.3) is 5.91 Å². The molecule has 3 N–H and O–H groups in total. The van der Waals surface area contributed by atoms with Gasteiger partial charge in [-0.05, 0) is 30.9 Å². The summed E-state index contributed by atoms with van der Waals surface area (Å²) in [6.07, 6.45) is 3.07. The predicted molar refractivity (Wildman–Crippen MR) is 125 cm³/mol. The van der Waals surface area contributed by atoms with Crippen LogP contribution in [0.4, 0.5) is 0 Å². The minimum Gasteiger partial charge on any atom is -0.489 e. The SMILES string of the molecule is Cc1ccc(-c2nnc(C)n2CCO)cc1OCc1csc2c(C(=O)OCC(N)=O)cncc12. The Labute approximate surface area is 199 Å². The molecule has 0 aliphatic rings. The van der Waals surface area contributed by atoms with Crippen molar-refractivity contribution in [3.63, 3.8) is 0 Å². The smallest absolute Gasteiger partial charge is 0.341 e. The second kappa shape index (κ2) is 9.98. The number of carbonyl (C=O) groups is 2. The quantitative estimate of drug-likeness (QED) is 0.347. The fourth-order valence-electron chi connectivity index (χ4n) is 3.48. The first-order valence-electron chi connectivity index (χ1n) is 10.4. The van der Waals surface area contributed by atoms with Crippen molar-refractivity contribution in [3.05, 3.63) is 58.5 Å². The molecule has 0 spiro atoms. The highest BCUT2D eigenvalue weighted by atomic mass is 32.1. The molecule has 0 atom stereocenters. The number of carbonyl (C=O) groups excluding carboxylic acids is 2. The van der Waals surface area contributed by atoms with Crippen LogP contribution in [0.5, 0.6) is 5.75 Å². The molecule has 0 aliphatic heterocycles. The van der Waals surface area contributed by atoms with Crippen LogP contribution < -0.4 is 10.5 Å². The van der Waals surface area contributed by atoms with Crippen LogP contribution in [0.1, 0.15) is 27.3 Å². The summed E-state index contributed by atoms with van der Waals surface area (Å²) < 4.78 is 13.6. The van der Waals surface area contributed by atoms with Crippen molar-refractivity contribution in [2.45, 2.75) is 27.0 Å². The third kappa shape index (κ3) is 4.75. The van der Waals surface area contributed by atoms with Gasteiger partial charge in [0.1, 0.15) is 18.2 Å². The van der Waals surface area contributed by atoms with E-state index >= 15 is 0 Å². The van der Waals surface area contributed by atoms with Gasteiger partial charge in [0.15, 0.2) is 12.4 Å². The highest BCUT2D eigenvalue weighted by molar-refractivity contribution is 7.17. The van der Waals surface area contributed by atoms with Gasteiger partial charge in [0.05, 0.1) is 16.9 Å². The Morgan fingerprint density at radius 2 is 2.03 bits per heavy atom. The average Bonchev–Trinajstić information content (AvgIpc) is 3.40. The molecule has 3 aromatic heterocycles. The van der Waals surface area contributed by atoms with Crippen molar-refractivity contribution in [3.8, 4) is 17.1 Å². The maximum Gasteiger partial charge on any atom is 0.341 e. The number of aryl methyl sites for hydroxylation is 2. The minimum absolute atomic E-state index is 0.0155. The third-order valence-electron chi connectivity index (χ3n) is 5.22. The maximum absolute atomic E-state index is 12.3. The number of aliphatic hydroxyl groups is 1. The molecule has 0 unspecified atom stereocenters. The molecule has 0 bridgehead atoms. The van der Waals surface area contributed by atoms with Gasteiger partial charge in [-0.25, -0.2) is 4.79 Å². The van der Waals surface area contributed by atoms with Crippen LogP contribution >= 0.6 is 11.3 Å². The molecule has 176 valence electrons. The number of hydrogen-bond acceptors (Lipinski definition) is 9. The lowest BCUT2D eigenvalue weighted by atomic mass is 10.1. The van der Waals surface area contributed by atoms with E-state index in [1.165, 1.54) is 17.5 Å². The zero-order chi connectivity index (χ0) is 24.2. The Balaban J connectivity index is 1.57. The third-order valence-corrected chi connectivity index (χ3v) is 6.29. The number of benzene rings is 1. The summed E-state index contributed by atoms with van der Waals surface area (Å²) in [6, 6.07) is 5.78. The van der Waals surface area contributed by atoms with E-state index in [0.717, 1.165) is 27.9 Å². The zero-order valence-corrected chi connectivity index (χ0v) is 19.5. The van der Waals surface area contributed by atoms with Crippen LogP contribution in [0.25, 0.3) is 21.5 Å². The summed E-state index contributed by atoms with van der Waals surface area (Å²) in [5, 5.41) is 20.4. The molecule has 10 nitrogen and oxygen atoms in total. The number of thiophene rings is 1. The van der Waals surface area contributed by atoms with Crippen molar-refractivity contribution < 1.29 is 24.2 Å². The van der Waals surface area contributed by atoms with Gasteiger partial charge in [-0.15, -0.1) is 21.5 Å². The van der Waals surface area contributed by atoms with Crippen LogP contribution in [0, 0.1) is 13.8 Å². The van der Waals surface area contributed by atoms with Gasteiger partial charge in [-0.1, -0.05) is 12.1 Å². The normalized spacial score (nSPS) is 11.0. The second-order valence-electron chi connectivity index (χ2n) is 7.58. The fourth-order valence-corrected chi connectivity index (χ4v) is 4.51. The summed E-state index contributed by atoms with van der Waals surface area (Å²) in [5.41, 5.74) is 7.95. The summed E-state index contributed by atoms with van der Waals surface area (Å²) in [7, 11) is 0. The summed E-state index contributed by atoms with van der Waals surface area (Å²) in [4.78, 5) is 27.4. The van der Waals surface area contributed by atoms with Crippen molar-refractivity contribution in [2.75, 3.05) is 13.2 Å². The molecule has 4 aromatic rings. The van der Waals surface area contributed by atoms with E-state index < -0.39 is 18.5 Å². The topological polar surface area (TPSA) is 142 Å². The molecule has 1 aromatic carbocycles. The largest absolute Gasteiger partial charge is 0.489 e. The molecule has 0 saturated carbocycles. The average molecular weight is 482 g/mol. The predicted octanol–water partition coefficient (Wildman–Crippen LogP) is 2.39. The van der Waals surface area contributed by atoms with E-state index in [2.05, 4.69) is 15.2 Å². The van der Waals surface area contributed by atoms with E-state index in [1.807, 2.05) is 42.0 Å². The van der Waals surface area contributed by atoms with E-state index in [9.17, 15) is 14.7 Å². The van der Waals surface area contributed by atoms with Crippen LogP contribution in [0.15, 0.2) is 36.0 Å². The summed E-state index contributed by atoms with van der Waals surface area (Å²) in [6.45, 7) is 3.94. The molecule has 4 rings (SSSR count). The van der Waals surface area contributed by atoms with Gasteiger partial charge in [-0.2, -0.15) is 0 Å². The van der Waals surface area contributed by atoms with Crippen molar-refractivity contribution in [2.24, 2.45) is 5.73 Å². The molecule has 3 heterocycles. The first-order valence-corrected chi connectivity index (χ1v) is 11.3. The van der Waals surface area contributed by atoms with Gasteiger partial charge in [-0.3, -0.25) is 9.78 Å². The zero-order valence-electron chi connectivity index (χ0n) is 18.6. The molecule has 11 heteroatoms. The second-order valence-corrected chi connectivity index (χ2v) is 8.46. The number of aliphatic hydroxyl groups excluding tert-OH is 1. The number of nitrogens with zero attached hydrogens (tertiary/aromatic N) is 4. The Kier molecular flexibility index (Phi) is 6.85. The van der Waals surface area contributed by atoms with E-state index in [4.69, 9.17) is 15.2 Å². The van der Waals surface area contributed by atoms with Gasteiger partial charge in [0.2, 0.25) is 0 Å². The lowest BCUT2D eigenvalue weighted by Crippen LogP contribution is -2.21.